The van der Waals surface area contributed by atoms with Crippen LogP contribution in [0.2, 0.25) is 0 Å². The van der Waals surface area contributed by atoms with Gasteiger partial charge in [0.05, 0.1) is 13.2 Å². The average molecular weight is 538 g/mol. The summed E-state index contributed by atoms with van der Waals surface area (Å²) in [5.74, 6) is 1.44. The molecule has 1 aliphatic rings. The number of fused-ring (bicyclic) bond motifs is 3. The highest BCUT2D eigenvalue weighted by molar-refractivity contribution is 5.78. The van der Waals surface area contributed by atoms with Gasteiger partial charge in [-0.3, -0.25) is 9.78 Å². The summed E-state index contributed by atoms with van der Waals surface area (Å²) in [6, 6.07) is 26.4. The fraction of sp³-hybridized carbons (Fsp3) is 0.273. The maximum absolute atomic E-state index is 13.3. The van der Waals surface area contributed by atoms with Crippen molar-refractivity contribution in [3.63, 3.8) is 0 Å². The topological polar surface area (TPSA) is 64.1 Å². The minimum atomic E-state index is -0.0842. The van der Waals surface area contributed by atoms with Crippen LogP contribution < -0.4 is 14.4 Å². The third-order valence-corrected chi connectivity index (χ3v) is 6.85. The first-order chi connectivity index (χ1) is 19.5. The minimum Gasteiger partial charge on any atom is -0.491 e. The van der Waals surface area contributed by atoms with E-state index in [4.69, 9.17) is 14.2 Å². The molecule has 2 bridgehead atoms. The normalized spacial score (nSPS) is 13.9. The number of rotatable bonds is 5. The van der Waals surface area contributed by atoms with Gasteiger partial charge in [0.1, 0.15) is 18.1 Å². The Labute approximate surface area is 235 Å². The molecule has 7 nitrogen and oxygen atoms in total. The Hall–Kier alpha value is -4.36. The molecule has 0 saturated carbocycles. The molecule has 0 unspecified atom stereocenters. The smallest absolute Gasteiger partial charge is 0.260 e. The van der Waals surface area contributed by atoms with Crippen molar-refractivity contribution < 1.29 is 19.0 Å². The Bertz CT molecular complexity index is 1420. The molecule has 0 atom stereocenters. The number of ether oxygens (including phenoxy) is 3. The van der Waals surface area contributed by atoms with Crippen molar-refractivity contribution in [1.82, 2.24) is 9.88 Å². The molecule has 3 aromatic carbocycles. The summed E-state index contributed by atoms with van der Waals surface area (Å²) < 4.78 is 17.9. The van der Waals surface area contributed by atoms with Crippen molar-refractivity contribution in [2.75, 3.05) is 52.0 Å². The van der Waals surface area contributed by atoms with Crippen LogP contribution in [0, 0.1) is 0 Å². The monoisotopic (exact) mass is 537 g/mol. The summed E-state index contributed by atoms with van der Waals surface area (Å²) in [6.07, 6.45) is 4.35. The van der Waals surface area contributed by atoms with Crippen molar-refractivity contribution in [1.29, 1.82) is 0 Å². The molecule has 40 heavy (non-hydrogen) atoms. The van der Waals surface area contributed by atoms with Crippen molar-refractivity contribution in [3.8, 4) is 22.6 Å². The number of amides is 1. The second-order valence-electron chi connectivity index (χ2n) is 10.0. The number of aromatic nitrogens is 1. The number of carbonyl (C=O) groups excluding carboxylic acids is 1. The number of hydrogen-bond acceptors (Lipinski definition) is 6. The zero-order chi connectivity index (χ0) is 27.7. The lowest BCUT2D eigenvalue weighted by Crippen LogP contribution is -2.37. The lowest BCUT2D eigenvalue weighted by atomic mass is 9.98. The van der Waals surface area contributed by atoms with Gasteiger partial charge in [-0.15, -0.1) is 0 Å². The number of anilines is 1. The summed E-state index contributed by atoms with van der Waals surface area (Å²) in [6.45, 7) is 2.19. The molecular formula is C33H35N3O4. The molecule has 5 rings (SSSR count). The van der Waals surface area contributed by atoms with Crippen LogP contribution in [0.4, 0.5) is 5.69 Å². The van der Waals surface area contributed by atoms with E-state index in [2.05, 4.69) is 41.4 Å². The fourth-order valence-electron chi connectivity index (χ4n) is 4.72. The third-order valence-electron chi connectivity index (χ3n) is 6.85. The van der Waals surface area contributed by atoms with Crippen molar-refractivity contribution in [2.24, 2.45) is 0 Å². The van der Waals surface area contributed by atoms with E-state index in [0.717, 1.165) is 39.3 Å². The Kier molecular flexibility index (Phi) is 8.93. The van der Waals surface area contributed by atoms with Crippen molar-refractivity contribution in [2.45, 2.75) is 13.0 Å². The number of pyridine rings is 1. The van der Waals surface area contributed by atoms with Crippen LogP contribution in [0.25, 0.3) is 11.1 Å². The van der Waals surface area contributed by atoms with E-state index in [1.807, 2.05) is 67.7 Å². The molecule has 0 spiro atoms. The van der Waals surface area contributed by atoms with E-state index in [1.165, 1.54) is 0 Å². The van der Waals surface area contributed by atoms with Crippen LogP contribution in [0.5, 0.6) is 11.5 Å². The van der Waals surface area contributed by atoms with E-state index in [0.29, 0.717) is 45.1 Å². The summed E-state index contributed by atoms with van der Waals surface area (Å²) in [4.78, 5) is 21.3. The van der Waals surface area contributed by atoms with Crippen LogP contribution in [0.15, 0.2) is 91.3 Å². The van der Waals surface area contributed by atoms with Crippen molar-refractivity contribution >= 4 is 11.6 Å². The Balaban J connectivity index is 1.34. The number of benzene rings is 3. The molecule has 0 saturated heterocycles. The van der Waals surface area contributed by atoms with Gasteiger partial charge in [-0.1, -0.05) is 42.5 Å². The number of nitrogens with zero attached hydrogens (tertiary/aromatic N) is 3. The third kappa shape index (κ3) is 7.18. The molecule has 2 heterocycles. The van der Waals surface area contributed by atoms with Crippen LogP contribution in [0.3, 0.4) is 0 Å². The fourth-order valence-corrected chi connectivity index (χ4v) is 4.72. The molecular weight excluding hydrogens is 502 g/mol. The first-order valence-corrected chi connectivity index (χ1v) is 13.5. The lowest BCUT2D eigenvalue weighted by molar-refractivity contribution is -0.134. The first-order valence-electron chi connectivity index (χ1n) is 13.5. The molecule has 7 heteroatoms. The molecule has 0 N–H and O–H groups in total. The summed E-state index contributed by atoms with van der Waals surface area (Å²) >= 11 is 0. The summed E-state index contributed by atoms with van der Waals surface area (Å²) in [7, 11) is 3.95. The van der Waals surface area contributed by atoms with Crippen LogP contribution >= 0.6 is 0 Å². The highest BCUT2D eigenvalue weighted by atomic mass is 16.5. The standard InChI is InChI=1S/C33H35N3O4/c1-35(2)30-9-4-10-31(21-30)40-24-33(37)36-14-15-38-16-17-39-32-12-11-27(28-8-5-13-34-22-28)20-29(32)19-25-6-3-7-26(18-25)23-36/h3-13,18,20-22H,14-17,19,23-24H2,1-2H3. The van der Waals surface area contributed by atoms with Gasteiger partial charge in [0.25, 0.3) is 5.91 Å². The number of carbonyl (C=O) groups is 1. The number of hydrogen-bond donors (Lipinski definition) is 0. The van der Waals surface area contributed by atoms with Gasteiger partial charge in [0, 0.05) is 63.3 Å². The van der Waals surface area contributed by atoms with Gasteiger partial charge in [0.2, 0.25) is 0 Å². The zero-order valence-electron chi connectivity index (χ0n) is 23.1. The first kappa shape index (κ1) is 27.2. The largest absolute Gasteiger partial charge is 0.491 e. The Morgan fingerprint density at radius 1 is 0.925 bits per heavy atom. The molecule has 0 radical (unpaired) electrons. The molecule has 1 aromatic heterocycles. The van der Waals surface area contributed by atoms with Gasteiger partial charge < -0.3 is 24.0 Å². The van der Waals surface area contributed by atoms with E-state index in [1.54, 1.807) is 11.1 Å². The SMILES string of the molecule is CN(C)c1cccc(OCC(=O)N2CCOCCOc3ccc(-c4cccnc4)cc3Cc3cccc(c3)C2)c1. The molecule has 1 amide bonds. The molecule has 0 aliphatic carbocycles. The highest BCUT2D eigenvalue weighted by Gasteiger charge is 2.17. The van der Waals surface area contributed by atoms with E-state index in [-0.39, 0.29) is 12.5 Å². The van der Waals surface area contributed by atoms with Crippen LogP contribution in [-0.2, 0) is 22.5 Å². The zero-order valence-corrected chi connectivity index (χ0v) is 23.1. The minimum absolute atomic E-state index is 0.0375. The maximum Gasteiger partial charge on any atom is 0.260 e. The molecule has 4 aromatic rings. The second-order valence-corrected chi connectivity index (χ2v) is 10.0. The quantitative estimate of drug-likeness (QED) is 0.348. The highest BCUT2D eigenvalue weighted by Crippen LogP contribution is 2.29. The molecule has 206 valence electrons. The van der Waals surface area contributed by atoms with E-state index < -0.39 is 0 Å². The van der Waals surface area contributed by atoms with E-state index in [9.17, 15) is 4.79 Å². The lowest BCUT2D eigenvalue weighted by Gasteiger charge is -2.24. The van der Waals surface area contributed by atoms with Crippen LogP contribution in [-0.4, -0.2) is 62.9 Å². The maximum atomic E-state index is 13.3. The summed E-state index contributed by atoms with van der Waals surface area (Å²) in [5.41, 5.74) is 6.48. The van der Waals surface area contributed by atoms with Gasteiger partial charge >= 0.3 is 0 Å². The van der Waals surface area contributed by atoms with Gasteiger partial charge in [-0.05, 0) is 52.6 Å². The Morgan fingerprint density at radius 2 is 1.80 bits per heavy atom. The van der Waals surface area contributed by atoms with Gasteiger partial charge in [0.15, 0.2) is 6.61 Å². The van der Waals surface area contributed by atoms with Crippen molar-refractivity contribution in [3.05, 3.63) is 108 Å². The average Bonchev–Trinajstić information content (AvgIpc) is 2.98. The predicted molar refractivity (Wildman–Crippen MR) is 157 cm³/mol. The Morgan fingerprint density at radius 3 is 2.65 bits per heavy atom. The van der Waals surface area contributed by atoms with Gasteiger partial charge in [-0.25, -0.2) is 0 Å². The second kappa shape index (κ2) is 13.1. The predicted octanol–water partition coefficient (Wildman–Crippen LogP) is 5.22. The van der Waals surface area contributed by atoms with E-state index >= 15 is 0 Å². The van der Waals surface area contributed by atoms with Gasteiger partial charge in [-0.2, -0.15) is 0 Å². The molecule has 0 fully saturated rings. The summed E-state index contributed by atoms with van der Waals surface area (Å²) in [5, 5.41) is 0. The molecule has 1 aliphatic heterocycles. The van der Waals surface area contributed by atoms with Crippen LogP contribution in [0.1, 0.15) is 16.7 Å².